The summed E-state index contributed by atoms with van der Waals surface area (Å²) in [5.74, 6) is 0.670. The average molecular weight is 270 g/mol. The Morgan fingerprint density at radius 2 is 2.26 bits per heavy atom. The molecule has 0 aromatic heterocycles. The van der Waals surface area contributed by atoms with Gasteiger partial charge in [-0.15, -0.1) is 0 Å². The third-order valence-electron chi connectivity index (χ3n) is 4.03. The number of hydrogen-bond acceptors (Lipinski definition) is 4. The van der Waals surface area contributed by atoms with E-state index in [1.807, 2.05) is 6.92 Å². The zero-order chi connectivity index (χ0) is 14.1. The van der Waals surface area contributed by atoms with Crippen LogP contribution in [0.1, 0.15) is 46.5 Å². The van der Waals surface area contributed by atoms with E-state index in [4.69, 9.17) is 4.74 Å². The van der Waals surface area contributed by atoms with Gasteiger partial charge in [-0.2, -0.15) is 0 Å². The summed E-state index contributed by atoms with van der Waals surface area (Å²) in [6, 6.07) is 0.538. The predicted octanol–water partition coefficient (Wildman–Crippen LogP) is 2.04. The molecule has 1 aliphatic heterocycles. The van der Waals surface area contributed by atoms with Gasteiger partial charge in [0.1, 0.15) is 0 Å². The molecular formula is C15H30N2O2. The molecule has 0 amide bonds. The van der Waals surface area contributed by atoms with E-state index in [2.05, 4.69) is 24.1 Å². The van der Waals surface area contributed by atoms with Crippen molar-refractivity contribution in [2.45, 2.75) is 52.5 Å². The second kappa shape index (κ2) is 9.32. The summed E-state index contributed by atoms with van der Waals surface area (Å²) in [6.07, 6.45) is 4.03. The highest BCUT2D eigenvalue weighted by Gasteiger charge is 2.23. The third kappa shape index (κ3) is 6.39. The number of nitrogens with zero attached hydrogens (tertiary/aromatic N) is 1. The van der Waals surface area contributed by atoms with Crippen LogP contribution in [0.5, 0.6) is 0 Å². The number of ether oxygens (including phenoxy) is 1. The first kappa shape index (κ1) is 16.4. The first-order valence-electron chi connectivity index (χ1n) is 7.78. The molecule has 0 radical (unpaired) electrons. The highest BCUT2D eigenvalue weighted by atomic mass is 16.5. The second-order valence-electron chi connectivity index (χ2n) is 5.45. The highest BCUT2D eigenvalue weighted by molar-refractivity contribution is 5.69. The maximum Gasteiger partial charge on any atom is 0.305 e. The van der Waals surface area contributed by atoms with Crippen molar-refractivity contribution in [1.82, 2.24) is 10.2 Å². The van der Waals surface area contributed by atoms with Gasteiger partial charge in [0, 0.05) is 19.0 Å². The summed E-state index contributed by atoms with van der Waals surface area (Å²) in [5.41, 5.74) is 0. The standard InChI is InChI=1S/C15H30N2O2/c1-4-17-11-7-8-14(12-17)13(3)16-10-6-9-15(18)19-5-2/h13-14,16H,4-12H2,1-3H3. The maximum absolute atomic E-state index is 11.2. The quantitative estimate of drug-likeness (QED) is 0.541. The molecule has 4 heteroatoms. The zero-order valence-corrected chi connectivity index (χ0v) is 12.8. The molecule has 19 heavy (non-hydrogen) atoms. The number of rotatable bonds is 8. The summed E-state index contributed by atoms with van der Waals surface area (Å²) in [4.78, 5) is 13.7. The lowest BCUT2D eigenvalue weighted by atomic mass is 9.91. The number of esters is 1. The van der Waals surface area contributed by atoms with E-state index < -0.39 is 0 Å². The molecule has 0 aromatic carbocycles. The molecule has 0 bridgehead atoms. The lowest BCUT2D eigenvalue weighted by molar-refractivity contribution is -0.143. The summed E-state index contributed by atoms with van der Waals surface area (Å²) < 4.78 is 4.92. The van der Waals surface area contributed by atoms with Crippen LogP contribution < -0.4 is 5.32 Å². The van der Waals surface area contributed by atoms with E-state index in [9.17, 15) is 4.79 Å². The number of carbonyl (C=O) groups is 1. The van der Waals surface area contributed by atoms with Gasteiger partial charge < -0.3 is 15.0 Å². The zero-order valence-electron chi connectivity index (χ0n) is 12.8. The molecule has 1 heterocycles. The molecule has 1 N–H and O–H groups in total. The Kier molecular flexibility index (Phi) is 8.07. The molecule has 0 aromatic rings. The minimum absolute atomic E-state index is 0.0771. The SMILES string of the molecule is CCOC(=O)CCCNC(C)C1CCCN(CC)C1. The maximum atomic E-state index is 11.2. The van der Waals surface area contributed by atoms with E-state index in [0.717, 1.165) is 25.4 Å². The molecule has 0 spiro atoms. The van der Waals surface area contributed by atoms with E-state index >= 15 is 0 Å². The van der Waals surface area contributed by atoms with Crippen molar-refractivity contribution < 1.29 is 9.53 Å². The number of piperidine rings is 1. The van der Waals surface area contributed by atoms with Crippen LogP contribution in [0.3, 0.4) is 0 Å². The molecule has 0 saturated carbocycles. The largest absolute Gasteiger partial charge is 0.466 e. The second-order valence-corrected chi connectivity index (χ2v) is 5.45. The summed E-state index contributed by atoms with van der Waals surface area (Å²) in [5, 5.41) is 3.56. The first-order valence-corrected chi connectivity index (χ1v) is 7.78. The molecule has 0 aliphatic carbocycles. The lowest BCUT2D eigenvalue weighted by Crippen LogP contribution is -2.44. The summed E-state index contributed by atoms with van der Waals surface area (Å²) >= 11 is 0. The topological polar surface area (TPSA) is 41.6 Å². The van der Waals surface area contributed by atoms with Gasteiger partial charge in [-0.05, 0) is 58.7 Å². The van der Waals surface area contributed by atoms with E-state index in [1.165, 1.54) is 25.9 Å². The van der Waals surface area contributed by atoms with Crippen LogP contribution in [0.2, 0.25) is 0 Å². The van der Waals surface area contributed by atoms with Gasteiger partial charge in [-0.1, -0.05) is 6.92 Å². The molecule has 112 valence electrons. The summed E-state index contributed by atoms with van der Waals surface area (Å²) in [7, 11) is 0. The van der Waals surface area contributed by atoms with Crippen LogP contribution in [0, 0.1) is 5.92 Å². The molecule has 1 aliphatic rings. The molecule has 1 saturated heterocycles. The van der Waals surface area contributed by atoms with Crippen LogP contribution >= 0.6 is 0 Å². The highest BCUT2D eigenvalue weighted by Crippen LogP contribution is 2.19. The molecule has 1 fully saturated rings. The van der Waals surface area contributed by atoms with Crippen molar-refractivity contribution in [2.24, 2.45) is 5.92 Å². The Morgan fingerprint density at radius 1 is 1.47 bits per heavy atom. The lowest BCUT2D eigenvalue weighted by Gasteiger charge is -2.35. The van der Waals surface area contributed by atoms with Gasteiger partial charge in [0.15, 0.2) is 0 Å². The van der Waals surface area contributed by atoms with E-state index in [1.54, 1.807) is 0 Å². The van der Waals surface area contributed by atoms with Crippen molar-refractivity contribution in [2.75, 3.05) is 32.8 Å². The van der Waals surface area contributed by atoms with Crippen molar-refractivity contribution in [1.29, 1.82) is 0 Å². The Labute approximate surface area is 117 Å². The van der Waals surface area contributed by atoms with Crippen molar-refractivity contribution >= 4 is 5.97 Å². The normalized spacial score (nSPS) is 22.2. The fourth-order valence-corrected chi connectivity index (χ4v) is 2.75. The van der Waals surface area contributed by atoms with Gasteiger partial charge in [0.05, 0.1) is 6.61 Å². The number of likely N-dealkylation sites (tertiary alicyclic amines) is 1. The van der Waals surface area contributed by atoms with Gasteiger partial charge in [-0.3, -0.25) is 4.79 Å². The monoisotopic (exact) mass is 270 g/mol. The van der Waals surface area contributed by atoms with Crippen LogP contribution in [-0.2, 0) is 9.53 Å². The van der Waals surface area contributed by atoms with Gasteiger partial charge >= 0.3 is 5.97 Å². The Hall–Kier alpha value is -0.610. The van der Waals surface area contributed by atoms with Crippen molar-refractivity contribution in [3.05, 3.63) is 0 Å². The van der Waals surface area contributed by atoms with Crippen LogP contribution in [0.25, 0.3) is 0 Å². The third-order valence-corrected chi connectivity index (χ3v) is 4.03. The molecule has 2 atom stereocenters. The Bertz CT molecular complexity index is 259. The Balaban J connectivity index is 2.13. The number of nitrogens with one attached hydrogen (secondary N) is 1. The van der Waals surface area contributed by atoms with Gasteiger partial charge in [0.25, 0.3) is 0 Å². The van der Waals surface area contributed by atoms with Crippen LogP contribution in [0.4, 0.5) is 0 Å². The smallest absolute Gasteiger partial charge is 0.305 e. The van der Waals surface area contributed by atoms with E-state index in [0.29, 0.717) is 19.1 Å². The summed E-state index contributed by atoms with van der Waals surface area (Å²) in [6.45, 7) is 11.4. The number of hydrogen-bond donors (Lipinski definition) is 1. The molecule has 1 rings (SSSR count). The van der Waals surface area contributed by atoms with Gasteiger partial charge in [0.2, 0.25) is 0 Å². The van der Waals surface area contributed by atoms with Gasteiger partial charge in [-0.25, -0.2) is 0 Å². The van der Waals surface area contributed by atoms with Crippen LogP contribution in [0.15, 0.2) is 0 Å². The van der Waals surface area contributed by atoms with E-state index in [-0.39, 0.29) is 5.97 Å². The molecule has 2 unspecified atom stereocenters. The van der Waals surface area contributed by atoms with Crippen molar-refractivity contribution in [3.63, 3.8) is 0 Å². The van der Waals surface area contributed by atoms with Crippen LogP contribution in [-0.4, -0.2) is 49.7 Å². The fraction of sp³-hybridized carbons (Fsp3) is 0.933. The predicted molar refractivity (Wildman–Crippen MR) is 78.2 cm³/mol. The minimum atomic E-state index is -0.0771. The Morgan fingerprint density at radius 3 is 2.95 bits per heavy atom. The first-order chi connectivity index (χ1) is 9.17. The fourth-order valence-electron chi connectivity index (χ4n) is 2.75. The molecule has 4 nitrogen and oxygen atoms in total. The average Bonchev–Trinajstić information content (AvgIpc) is 2.43. The molecular weight excluding hydrogens is 240 g/mol. The van der Waals surface area contributed by atoms with Crippen molar-refractivity contribution in [3.8, 4) is 0 Å². The minimum Gasteiger partial charge on any atom is -0.466 e. The number of carbonyl (C=O) groups excluding carboxylic acids is 1.